The monoisotopic (exact) mass is 263 g/mol. The Balaban J connectivity index is 2.25. The van der Waals surface area contributed by atoms with Gasteiger partial charge in [0.15, 0.2) is 0 Å². The second-order valence-electron chi connectivity index (χ2n) is 4.34. The van der Waals surface area contributed by atoms with Crippen LogP contribution in [-0.4, -0.2) is 23.4 Å². The fourth-order valence-corrected chi connectivity index (χ4v) is 2.18. The SMILES string of the molecule is N#CCCN(C(=O)c1c(N)cccc1Cl)C1CC1. The Morgan fingerprint density at radius 2 is 2.28 bits per heavy atom. The molecule has 4 nitrogen and oxygen atoms in total. The third-order valence-corrected chi connectivity index (χ3v) is 3.29. The average molecular weight is 264 g/mol. The van der Waals surface area contributed by atoms with E-state index in [0.29, 0.717) is 29.2 Å². The van der Waals surface area contributed by atoms with Crippen molar-refractivity contribution < 1.29 is 4.79 Å². The molecule has 1 fully saturated rings. The molecule has 1 aromatic carbocycles. The highest BCUT2D eigenvalue weighted by Gasteiger charge is 2.34. The number of amides is 1. The number of anilines is 1. The number of nitrogens with two attached hydrogens (primary N) is 1. The number of rotatable bonds is 4. The summed E-state index contributed by atoms with van der Waals surface area (Å²) in [5, 5.41) is 9.00. The molecule has 1 aliphatic rings. The second-order valence-corrected chi connectivity index (χ2v) is 4.75. The molecule has 1 amide bonds. The van der Waals surface area contributed by atoms with E-state index in [2.05, 4.69) is 6.07 Å². The van der Waals surface area contributed by atoms with Gasteiger partial charge in [0.2, 0.25) is 0 Å². The molecule has 0 bridgehead atoms. The maximum Gasteiger partial charge on any atom is 0.257 e. The van der Waals surface area contributed by atoms with Gasteiger partial charge in [-0.3, -0.25) is 4.79 Å². The van der Waals surface area contributed by atoms with Gasteiger partial charge in [-0.15, -0.1) is 0 Å². The number of nitrogens with zero attached hydrogens (tertiary/aromatic N) is 2. The summed E-state index contributed by atoms with van der Waals surface area (Å²) < 4.78 is 0. The smallest absolute Gasteiger partial charge is 0.257 e. The van der Waals surface area contributed by atoms with Gasteiger partial charge < -0.3 is 10.6 Å². The summed E-state index contributed by atoms with van der Waals surface area (Å²) in [6.07, 6.45) is 2.30. The van der Waals surface area contributed by atoms with Gasteiger partial charge in [-0.05, 0) is 25.0 Å². The Kier molecular flexibility index (Phi) is 3.73. The van der Waals surface area contributed by atoms with Gasteiger partial charge in [0.1, 0.15) is 0 Å². The molecule has 94 valence electrons. The zero-order chi connectivity index (χ0) is 13.1. The summed E-state index contributed by atoms with van der Waals surface area (Å²) in [5.41, 5.74) is 6.55. The maximum absolute atomic E-state index is 12.4. The van der Waals surface area contributed by atoms with Crippen LogP contribution >= 0.6 is 11.6 Å². The van der Waals surface area contributed by atoms with Gasteiger partial charge in [0.05, 0.1) is 23.1 Å². The molecule has 0 atom stereocenters. The molecule has 0 aliphatic heterocycles. The van der Waals surface area contributed by atoms with Crippen LogP contribution in [0.1, 0.15) is 29.6 Å². The van der Waals surface area contributed by atoms with Crippen molar-refractivity contribution in [1.29, 1.82) is 5.26 Å². The molecule has 0 unspecified atom stereocenters. The first-order chi connectivity index (χ1) is 8.65. The normalized spacial score (nSPS) is 14.0. The lowest BCUT2D eigenvalue weighted by Crippen LogP contribution is -2.34. The van der Waals surface area contributed by atoms with E-state index in [1.165, 1.54) is 0 Å². The standard InChI is InChI=1S/C13H14ClN3O/c14-10-3-1-4-11(16)12(10)13(18)17(8-2-7-15)9-5-6-9/h1,3-4,9H,2,5-6,8,16H2. The predicted molar refractivity (Wildman–Crippen MR) is 70.2 cm³/mol. The minimum absolute atomic E-state index is 0.171. The number of nitrogen functional groups attached to an aromatic ring is 1. The van der Waals surface area contributed by atoms with E-state index in [1.807, 2.05) is 0 Å². The van der Waals surface area contributed by atoms with Crippen LogP contribution in [0.2, 0.25) is 5.02 Å². The van der Waals surface area contributed by atoms with Crippen LogP contribution in [0.5, 0.6) is 0 Å². The Labute approximate surface area is 111 Å². The largest absolute Gasteiger partial charge is 0.398 e. The first-order valence-corrected chi connectivity index (χ1v) is 6.25. The fourth-order valence-electron chi connectivity index (χ4n) is 1.92. The van der Waals surface area contributed by atoms with E-state index in [9.17, 15) is 4.79 Å². The van der Waals surface area contributed by atoms with Gasteiger partial charge in [-0.25, -0.2) is 0 Å². The predicted octanol–water partition coefficient (Wildman–Crippen LogP) is 2.44. The van der Waals surface area contributed by atoms with E-state index in [0.717, 1.165) is 12.8 Å². The van der Waals surface area contributed by atoms with Crippen molar-refractivity contribution in [2.45, 2.75) is 25.3 Å². The lowest BCUT2D eigenvalue weighted by atomic mass is 10.1. The lowest BCUT2D eigenvalue weighted by molar-refractivity contribution is 0.0748. The van der Waals surface area contributed by atoms with E-state index < -0.39 is 0 Å². The van der Waals surface area contributed by atoms with Gasteiger partial charge in [0.25, 0.3) is 5.91 Å². The van der Waals surface area contributed by atoms with Crippen LogP contribution in [0.15, 0.2) is 18.2 Å². The molecule has 0 spiro atoms. The van der Waals surface area contributed by atoms with Crippen molar-refractivity contribution in [1.82, 2.24) is 4.90 Å². The molecule has 0 aromatic heterocycles. The second kappa shape index (κ2) is 5.28. The van der Waals surface area contributed by atoms with Crippen LogP contribution in [0.25, 0.3) is 0 Å². The Hall–Kier alpha value is -1.73. The van der Waals surface area contributed by atoms with Gasteiger partial charge in [-0.1, -0.05) is 17.7 Å². The molecule has 0 radical (unpaired) electrons. The molecule has 18 heavy (non-hydrogen) atoms. The van der Waals surface area contributed by atoms with Crippen LogP contribution in [0, 0.1) is 11.3 Å². The number of hydrogen-bond acceptors (Lipinski definition) is 3. The van der Waals surface area contributed by atoms with Crippen molar-refractivity contribution in [2.75, 3.05) is 12.3 Å². The highest BCUT2D eigenvalue weighted by molar-refractivity contribution is 6.34. The summed E-state index contributed by atoms with van der Waals surface area (Å²) >= 11 is 6.04. The van der Waals surface area contributed by atoms with Crippen molar-refractivity contribution in [3.05, 3.63) is 28.8 Å². The first kappa shape index (κ1) is 12.7. The molecule has 0 heterocycles. The number of nitriles is 1. The summed E-state index contributed by atoms with van der Waals surface area (Å²) in [4.78, 5) is 14.1. The molecule has 2 N–H and O–H groups in total. The number of carbonyl (C=O) groups is 1. The van der Waals surface area contributed by atoms with Gasteiger partial charge in [-0.2, -0.15) is 5.26 Å². The third-order valence-electron chi connectivity index (χ3n) is 2.97. The lowest BCUT2D eigenvalue weighted by Gasteiger charge is -2.22. The number of hydrogen-bond donors (Lipinski definition) is 1. The van der Waals surface area contributed by atoms with Crippen LogP contribution in [-0.2, 0) is 0 Å². The van der Waals surface area contributed by atoms with E-state index in [4.69, 9.17) is 22.6 Å². The number of benzene rings is 1. The van der Waals surface area contributed by atoms with Gasteiger partial charge >= 0.3 is 0 Å². The summed E-state index contributed by atoms with van der Waals surface area (Å²) in [6, 6.07) is 7.32. The molecule has 2 rings (SSSR count). The van der Waals surface area contributed by atoms with Gasteiger partial charge in [0, 0.05) is 18.3 Å². The molecule has 0 saturated heterocycles. The van der Waals surface area contributed by atoms with Crippen molar-refractivity contribution in [3.8, 4) is 6.07 Å². The van der Waals surface area contributed by atoms with Crippen LogP contribution in [0.4, 0.5) is 5.69 Å². The van der Waals surface area contributed by atoms with Crippen LogP contribution < -0.4 is 5.73 Å². The summed E-state index contributed by atoms with van der Waals surface area (Å²) in [7, 11) is 0. The molecule has 1 saturated carbocycles. The quantitative estimate of drug-likeness (QED) is 0.848. The Morgan fingerprint density at radius 1 is 1.56 bits per heavy atom. The van der Waals surface area contributed by atoms with E-state index in [-0.39, 0.29) is 11.9 Å². The van der Waals surface area contributed by atoms with Crippen LogP contribution in [0.3, 0.4) is 0 Å². The highest BCUT2D eigenvalue weighted by atomic mass is 35.5. The van der Waals surface area contributed by atoms with Crippen molar-refractivity contribution >= 4 is 23.2 Å². The minimum atomic E-state index is -0.171. The van der Waals surface area contributed by atoms with E-state index in [1.54, 1.807) is 23.1 Å². The number of halogens is 1. The topological polar surface area (TPSA) is 70.1 Å². The summed E-state index contributed by atoms with van der Waals surface area (Å²) in [5.74, 6) is -0.171. The third kappa shape index (κ3) is 2.57. The maximum atomic E-state index is 12.4. The molecule has 5 heteroatoms. The average Bonchev–Trinajstić information content (AvgIpc) is 3.14. The van der Waals surface area contributed by atoms with E-state index >= 15 is 0 Å². The molecular weight excluding hydrogens is 250 g/mol. The molecule has 1 aromatic rings. The minimum Gasteiger partial charge on any atom is -0.398 e. The first-order valence-electron chi connectivity index (χ1n) is 5.87. The summed E-state index contributed by atoms with van der Waals surface area (Å²) in [6.45, 7) is 0.435. The number of carbonyl (C=O) groups excluding carboxylic acids is 1. The Bertz CT molecular complexity index is 485. The fraction of sp³-hybridized carbons (Fsp3) is 0.385. The Morgan fingerprint density at radius 3 is 2.83 bits per heavy atom. The zero-order valence-corrected chi connectivity index (χ0v) is 10.7. The van der Waals surface area contributed by atoms with Crippen molar-refractivity contribution in [3.63, 3.8) is 0 Å². The molecular formula is C13H14ClN3O. The zero-order valence-electron chi connectivity index (χ0n) is 9.90. The highest BCUT2D eigenvalue weighted by Crippen LogP contribution is 2.31. The van der Waals surface area contributed by atoms with Crippen molar-refractivity contribution in [2.24, 2.45) is 0 Å². The molecule has 1 aliphatic carbocycles.